The van der Waals surface area contributed by atoms with Crippen LogP contribution in [-0.2, 0) is 4.79 Å². The van der Waals surface area contributed by atoms with E-state index in [1.54, 1.807) is 42.5 Å². The Morgan fingerprint density at radius 1 is 1.26 bits per heavy atom. The zero-order chi connectivity index (χ0) is 16.7. The number of carboxylic acids is 1. The Hall–Kier alpha value is -3.42. The normalized spacial score (nSPS) is 10.4. The van der Waals surface area contributed by atoms with Crippen molar-refractivity contribution in [2.24, 2.45) is 5.10 Å². The number of hydrogen-bond acceptors (Lipinski definition) is 6. The van der Waals surface area contributed by atoms with Gasteiger partial charge in [-0.25, -0.2) is 4.79 Å². The summed E-state index contributed by atoms with van der Waals surface area (Å²) < 4.78 is 5.00. The summed E-state index contributed by atoms with van der Waals surface area (Å²) in [5.74, 6) is -0.637. The number of carbonyl (C=O) groups is 1. The number of para-hydroxylation sites is 1. The zero-order valence-corrected chi connectivity index (χ0v) is 11.9. The van der Waals surface area contributed by atoms with Gasteiger partial charge in [-0.15, -0.1) is 0 Å². The van der Waals surface area contributed by atoms with E-state index in [1.165, 1.54) is 12.3 Å². The number of hydrogen-bond donors (Lipinski definition) is 2. The zero-order valence-electron chi connectivity index (χ0n) is 11.9. The fourth-order valence-corrected chi connectivity index (χ4v) is 1.71. The number of hydrazone groups is 1. The number of rotatable bonds is 7. The number of carboxylic acid groups (broad SMARTS) is 1. The van der Waals surface area contributed by atoms with Crippen molar-refractivity contribution in [3.8, 4) is 5.75 Å². The van der Waals surface area contributed by atoms with E-state index in [1.807, 2.05) is 0 Å². The topological polar surface area (TPSA) is 114 Å². The molecule has 0 spiro atoms. The van der Waals surface area contributed by atoms with Crippen LogP contribution in [0.15, 0.2) is 53.6 Å². The van der Waals surface area contributed by atoms with Gasteiger partial charge in [0.05, 0.1) is 22.4 Å². The Labute approximate surface area is 131 Å². The molecule has 0 heterocycles. The number of nitro benzene ring substituents is 1. The first-order valence-electron chi connectivity index (χ1n) is 6.53. The van der Waals surface area contributed by atoms with E-state index in [4.69, 9.17) is 9.84 Å². The molecule has 0 aliphatic carbocycles. The molecule has 0 saturated carbocycles. The van der Waals surface area contributed by atoms with Gasteiger partial charge in [0.2, 0.25) is 0 Å². The van der Waals surface area contributed by atoms with Crippen LogP contribution < -0.4 is 10.2 Å². The van der Waals surface area contributed by atoms with Crippen LogP contribution in [0, 0.1) is 10.1 Å². The summed E-state index contributed by atoms with van der Waals surface area (Å²) in [6.07, 6.45) is 1.35. The van der Waals surface area contributed by atoms with Crippen molar-refractivity contribution in [2.75, 3.05) is 12.0 Å². The van der Waals surface area contributed by atoms with Crippen molar-refractivity contribution in [1.29, 1.82) is 0 Å². The molecule has 0 saturated heterocycles. The predicted molar refractivity (Wildman–Crippen MR) is 83.9 cm³/mol. The fraction of sp³-hybridized carbons (Fsp3) is 0.0667. The lowest BCUT2D eigenvalue weighted by atomic mass is 10.2. The molecule has 0 aliphatic rings. The SMILES string of the molecule is O=C(O)COc1ccc(NN=Cc2ccccc2[N+](=O)[O-])cc1. The van der Waals surface area contributed by atoms with Crippen molar-refractivity contribution < 1.29 is 19.6 Å². The van der Waals surface area contributed by atoms with Crippen LogP contribution in [-0.4, -0.2) is 28.8 Å². The van der Waals surface area contributed by atoms with Crippen LogP contribution in [0.4, 0.5) is 11.4 Å². The third-order valence-electron chi connectivity index (χ3n) is 2.75. The average molecular weight is 315 g/mol. The highest BCUT2D eigenvalue weighted by atomic mass is 16.6. The van der Waals surface area contributed by atoms with Gasteiger partial charge in [0.1, 0.15) is 5.75 Å². The number of nitrogens with one attached hydrogen (secondary N) is 1. The maximum Gasteiger partial charge on any atom is 0.341 e. The van der Waals surface area contributed by atoms with Crippen LogP contribution in [0.5, 0.6) is 5.75 Å². The van der Waals surface area contributed by atoms with Crippen molar-refractivity contribution in [3.63, 3.8) is 0 Å². The summed E-state index contributed by atoms with van der Waals surface area (Å²) in [6, 6.07) is 12.7. The van der Waals surface area contributed by atoms with Gasteiger partial charge in [0.15, 0.2) is 6.61 Å². The van der Waals surface area contributed by atoms with E-state index in [0.29, 0.717) is 17.0 Å². The van der Waals surface area contributed by atoms with Gasteiger partial charge in [-0.2, -0.15) is 5.10 Å². The number of benzene rings is 2. The lowest BCUT2D eigenvalue weighted by molar-refractivity contribution is -0.385. The van der Waals surface area contributed by atoms with Gasteiger partial charge in [-0.3, -0.25) is 15.5 Å². The summed E-state index contributed by atoms with van der Waals surface area (Å²) in [7, 11) is 0. The molecule has 8 heteroatoms. The van der Waals surface area contributed by atoms with E-state index in [-0.39, 0.29) is 5.69 Å². The fourth-order valence-electron chi connectivity index (χ4n) is 1.71. The van der Waals surface area contributed by atoms with Gasteiger partial charge in [-0.05, 0) is 30.3 Å². The van der Waals surface area contributed by atoms with Crippen LogP contribution >= 0.6 is 0 Å². The van der Waals surface area contributed by atoms with Gasteiger partial charge >= 0.3 is 5.97 Å². The second kappa shape index (κ2) is 7.55. The number of aliphatic carboxylic acids is 1. The standard InChI is InChI=1S/C15H13N3O5/c19-15(20)10-23-13-7-5-12(6-8-13)17-16-9-11-3-1-2-4-14(11)18(21)22/h1-9,17H,10H2,(H,19,20). The Balaban J connectivity index is 1.98. The van der Waals surface area contributed by atoms with Gasteiger partial charge < -0.3 is 9.84 Å². The molecule has 23 heavy (non-hydrogen) atoms. The minimum Gasteiger partial charge on any atom is -0.482 e. The van der Waals surface area contributed by atoms with Crippen LogP contribution in [0.1, 0.15) is 5.56 Å². The Morgan fingerprint density at radius 3 is 2.61 bits per heavy atom. The second-order valence-corrected chi connectivity index (χ2v) is 4.39. The quantitative estimate of drug-likeness (QED) is 0.461. The number of nitrogens with zero attached hydrogens (tertiary/aromatic N) is 2. The third-order valence-corrected chi connectivity index (χ3v) is 2.75. The largest absolute Gasteiger partial charge is 0.482 e. The minimum absolute atomic E-state index is 0.0320. The number of nitro groups is 1. The summed E-state index contributed by atoms with van der Waals surface area (Å²) in [5, 5.41) is 23.3. The van der Waals surface area contributed by atoms with E-state index in [0.717, 1.165) is 0 Å². The smallest absolute Gasteiger partial charge is 0.341 e. The van der Waals surface area contributed by atoms with E-state index in [9.17, 15) is 14.9 Å². The van der Waals surface area contributed by atoms with Gasteiger partial charge in [0.25, 0.3) is 5.69 Å². The highest BCUT2D eigenvalue weighted by Gasteiger charge is 2.09. The van der Waals surface area contributed by atoms with Crippen molar-refractivity contribution >= 4 is 23.6 Å². The molecular weight excluding hydrogens is 302 g/mol. The molecule has 2 N–H and O–H groups in total. The first-order valence-corrected chi connectivity index (χ1v) is 6.53. The van der Waals surface area contributed by atoms with Crippen molar-refractivity contribution in [1.82, 2.24) is 0 Å². The van der Waals surface area contributed by atoms with Crippen LogP contribution in [0.3, 0.4) is 0 Å². The van der Waals surface area contributed by atoms with E-state index >= 15 is 0 Å². The summed E-state index contributed by atoms with van der Waals surface area (Å²) in [6.45, 7) is -0.414. The molecule has 0 aromatic heterocycles. The molecule has 0 unspecified atom stereocenters. The maximum absolute atomic E-state index is 10.9. The summed E-state index contributed by atoms with van der Waals surface area (Å²) >= 11 is 0. The van der Waals surface area contributed by atoms with E-state index < -0.39 is 17.5 Å². The molecule has 2 rings (SSSR count). The van der Waals surface area contributed by atoms with Gasteiger partial charge in [-0.1, -0.05) is 12.1 Å². The first kappa shape index (κ1) is 16.0. The summed E-state index contributed by atoms with van der Waals surface area (Å²) in [5.41, 5.74) is 3.70. The Bertz CT molecular complexity index is 728. The molecular formula is C15H13N3O5. The van der Waals surface area contributed by atoms with Crippen LogP contribution in [0.25, 0.3) is 0 Å². The highest BCUT2D eigenvalue weighted by Crippen LogP contribution is 2.17. The molecule has 0 bridgehead atoms. The lowest BCUT2D eigenvalue weighted by Crippen LogP contribution is -2.09. The molecule has 0 aliphatic heterocycles. The Kier molecular flexibility index (Phi) is 5.24. The molecule has 2 aromatic rings. The minimum atomic E-state index is -1.05. The molecule has 118 valence electrons. The molecule has 0 radical (unpaired) electrons. The Morgan fingerprint density at radius 2 is 1.96 bits per heavy atom. The average Bonchev–Trinajstić information content (AvgIpc) is 2.54. The monoisotopic (exact) mass is 315 g/mol. The van der Waals surface area contributed by atoms with Crippen LogP contribution in [0.2, 0.25) is 0 Å². The number of anilines is 1. The lowest BCUT2D eigenvalue weighted by Gasteiger charge is -2.04. The molecule has 0 amide bonds. The second-order valence-electron chi connectivity index (χ2n) is 4.39. The molecule has 8 nitrogen and oxygen atoms in total. The third kappa shape index (κ3) is 4.81. The first-order chi connectivity index (χ1) is 11.1. The number of ether oxygens (including phenoxy) is 1. The molecule has 0 fully saturated rings. The van der Waals surface area contributed by atoms with Crippen molar-refractivity contribution in [3.05, 3.63) is 64.2 Å². The van der Waals surface area contributed by atoms with E-state index in [2.05, 4.69) is 10.5 Å². The molecule has 2 aromatic carbocycles. The van der Waals surface area contributed by atoms with Crippen molar-refractivity contribution in [2.45, 2.75) is 0 Å². The highest BCUT2D eigenvalue weighted by molar-refractivity contribution is 5.85. The molecule has 0 atom stereocenters. The summed E-state index contributed by atoms with van der Waals surface area (Å²) in [4.78, 5) is 20.8. The predicted octanol–water partition coefficient (Wildman–Crippen LogP) is 2.50. The maximum atomic E-state index is 10.9. The van der Waals surface area contributed by atoms with Gasteiger partial charge in [0, 0.05) is 6.07 Å².